The molecule has 1 aliphatic rings. The van der Waals surface area contributed by atoms with Gasteiger partial charge in [-0.1, -0.05) is 6.92 Å². The smallest absolute Gasteiger partial charge is 0.186 e. The van der Waals surface area contributed by atoms with Gasteiger partial charge in [-0.25, -0.2) is 14.4 Å². The van der Waals surface area contributed by atoms with E-state index in [9.17, 15) is 9.50 Å². The number of halogens is 1. The fourth-order valence-corrected chi connectivity index (χ4v) is 1.99. The monoisotopic (exact) mass is 225 g/mol. The molecule has 0 amide bonds. The van der Waals surface area contributed by atoms with Crippen LogP contribution >= 0.6 is 0 Å². The van der Waals surface area contributed by atoms with Crippen molar-refractivity contribution in [1.29, 1.82) is 0 Å². The molecule has 5 heteroatoms. The van der Waals surface area contributed by atoms with Gasteiger partial charge in [0.1, 0.15) is 6.33 Å². The van der Waals surface area contributed by atoms with E-state index in [0.29, 0.717) is 31.0 Å². The largest absolute Gasteiger partial charge is 0.393 e. The number of aromatic nitrogens is 2. The Kier molecular flexibility index (Phi) is 3.05. The highest BCUT2D eigenvalue weighted by Crippen LogP contribution is 2.24. The second-order valence-corrected chi connectivity index (χ2v) is 4.38. The molecule has 2 rings (SSSR count). The molecule has 1 N–H and O–H groups in total. The van der Waals surface area contributed by atoms with Crippen LogP contribution in [-0.2, 0) is 0 Å². The summed E-state index contributed by atoms with van der Waals surface area (Å²) in [6.07, 6.45) is 1.75. The Morgan fingerprint density at radius 1 is 1.50 bits per heavy atom. The van der Waals surface area contributed by atoms with Gasteiger partial charge in [0, 0.05) is 13.1 Å². The van der Waals surface area contributed by atoms with E-state index < -0.39 is 0 Å². The van der Waals surface area contributed by atoms with Crippen molar-refractivity contribution in [1.82, 2.24) is 9.97 Å². The molecule has 0 aliphatic carbocycles. The van der Waals surface area contributed by atoms with Gasteiger partial charge in [-0.05, 0) is 19.3 Å². The SMILES string of the molecule is Cc1ncnc(N2CCC(O)C(C)C2)c1F. The predicted molar refractivity (Wildman–Crippen MR) is 58.7 cm³/mol. The van der Waals surface area contributed by atoms with Gasteiger partial charge < -0.3 is 10.0 Å². The van der Waals surface area contributed by atoms with E-state index in [-0.39, 0.29) is 17.8 Å². The average molecular weight is 225 g/mol. The summed E-state index contributed by atoms with van der Waals surface area (Å²) in [5, 5.41) is 9.61. The highest BCUT2D eigenvalue weighted by molar-refractivity contribution is 5.41. The molecular weight excluding hydrogens is 209 g/mol. The molecular formula is C11H16FN3O. The van der Waals surface area contributed by atoms with Gasteiger partial charge in [-0.3, -0.25) is 0 Å². The summed E-state index contributed by atoms with van der Waals surface area (Å²) in [4.78, 5) is 9.66. The molecule has 16 heavy (non-hydrogen) atoms. The summed E-state index contributed by atoms with van der Waals surface area (Å²) in [6.45, 7) is 4.86. The highest BCUT2D eigenvalue weighted by atomic mass is 19.1. The first-order valence-corrected chi connectivity index (χ1v) is 5.49. The molecule has 2 atom stereocenters. The first-order valence-electron chi connectivity index (χ1n) is 5.49. The lowest BCUT2D eigenvalue weighted by molar-refractivity contribution is 0.0966. The molecule has 1 aromatic heterocycles. The van der Waals surface area contributed by atoms with Gasteiger partial charge in [-0.2, -0.15) is 0 Å². The Morgan fingerprint density at radius 2 is 2.25 bits per heavy atom. The van der Waals surface area contributed by atoms with Gasteiger partial charge in [0.15, 0.2) is 11.6 Å². The second-order valence-electron chi connectivity index (χ2n) is 4.38. The molecule has 0 aromatic carbocycles. The van der Waals surface area contributed by atoms with Crippen LogP contribution in [0.3, 0.4) is 0 Å². The standard InChI is InChI=1S/C11H16FN3O/c1-7-5-15(4-3-9(7)16)11-10(12)8(2)13-6-14-11/h6-7,9,16H,3-5H2,1-2H3. The zero-order valence-corrected chi connectivity index (χ0v) is 9.52. The number of aliphatic hydroxyl groups is 1. The summed E-state index contributed by atoms with van der Waals surface area (Å²) < 4.78 is 13.8. The zero-order chi connectivity index (χ0) is 11.7. The molecule has 88 valence electrons. The van der Waals surface area contributed by atoms with Crippen molar-refractivity contribution in [2.75, 3.05) is 18.0 Å². The number of anilines is 1. The van der Waals surface area contributed by atoms with Crippen molar-refractivity contribution in [3.05, 3.63) is 17.8 Å². The number of aliphatic hydroxyl groups excluding tert-OH is 1. The molecule has 0 radical (unpaired) electrons. The lowest BCUT2D eigenvalue weighted by Crippen LogP contribution is -2.42. The maximum atomic E-state index is 13.8. The maximum absolute atomic E-state index is 13.8. The van der Waals surface area contributed by atoms with Crippen molar-refractivity contribution in [3.8, 4) is 0 Å². The lowest BCUT2D eigenvalue weighted by Gasteiger charge is -2.35. The minimum absolute atomic E-state index is 0.142. The summed E-state index contributed by atoms with van der Waals surface area (Å²) in [5.74, 6) is 0.140. The molecule has 4 nitrogen and oxygen atoms in total. The Balaban J connectivity index is 2.22. The molecule has 2 unspecified atom stereocenters. The third-order valence-electron chi connectivity index (χ3n) is 3.10. The summed E-state index contributed by atoms with van der Waals surface area (Å²) in [5.41, 5.74) is 0.365. The minimum atomic E-state index is -0.355. The van der Waals surface area contributed by atoms with Crippen molar-refractivity contribution >= 4 is 5.82 Å². The van der Waals surface area contributed by atoms with Crippen molar-refractivity contribution in [2.45, 2.75) is 26.4 Å². The van der Waals surface area contributed by atoms with E-state index in [0.717, 1.165) is 0 Å². The summed E-state index contributed by atoms with van der Waals surface area (Å²) in [7, 11) is 0. The van der Waals surface area contributed by atoms with Crippen LogP contribution in [0.5, 0.6) is 0 Å². The van der Waals surface area contributed by atoms with Crippen LogP contribution in [0.2, 0.25) is 0 Å². The van der Waals surface area contributed by atoms with E-state index >= 15 is 0 Å². The van der Waals surface area contributed by atoms with Crippen LogP contribution in [0.25, 0.3) is 0 Å². The molecule has 0 spiro atoms. The van der Waals surface area contributed by atoms with E-state index in [4.69, 9.17) is 0 Å². The summed E-state index contributed by atoms with van der Waals surface area (Å²) >= 11 is 0. The van der Waals surface area contributed by atoms with Crippen LogP contribution in [0, 0.1) is 18.7 Å². The first-order chi connectivity index (χ1) is 7.59. The quantitative estimate of drug-likeness (QED) is 0.778. The third-order valence-corrected chi connectivity index (χ3v) is 3.10. The second kappa shape index (κ2) is 4.33. The van der Waals surface area contributed by atoms with E-state index in [1.54, 1.807) is 6.92 Å². The normalized spacial score (nSPS) is 25.9. The van der Waals surface area contributed by atoms with E-state index in [2.05, 4.69) is 9.97 Å². The number of piperidine rings is 1. The minimum Gasteiger partial charge on any atom is -0.393 e. The lowest BCUT2D eigenvalue weighted by atomic mass is 9.97. The average Bonchev–Trinajstić information content (AvgIpc) is 2.26. The van der Waals surface area contributed by atoms with Crippen molar-refractivity contribution < 1.29 is 9.50 Å². The Bertz CT molecular complexity index is 385. The molecule has 1 aliphatic heterocycles. The number of hydrogen-bond acceptors (Lipinski definition) is 4. The van der Waals surface area contributed by atoms with E-state index in [1.165, 1.54) is 6.33 Å². The Labute approximate surface area is 94.1 Å². The molecule has 1 aromatic rings. The van der Waals surface area contributed by atoms with Crippen LogP contribution in [0.4, 0.5) is 10.2 Å². The zero-order valence-electron chi connectivity index (χ0n) is 9.52. The van der Waals surface area contributed by atoms with Gasteiger partial charge in [-0.15, -0.1) is 0 Å². The van der Waals surface area contributed by atoms with Crippen LogP contribution in [0.15, 0.2) is 6.33 Å². The third kappa shape index (κ3) is 2.00. The Morgan fingerprint density at radius 3 is 2.94 bits per heavy atom. The van der Waals surface area contributed by atoms with Crippen molar-refractivity contribution in [2.24, 2.45) is 5.92 Å². The number of hydrogen-bond donors (Lipinski definition) is 1. The first kappa shape index (κ1) is 11.3. The number of aryl methyl sites for hydroxylation is 1. The maximum Gasteiger partial charge on any atom is 0.186 e. The van der Waals surface area contributed by atoms with Crippen LogP contribution in [0.1, 0.15) is 19.0 Å². The molecule has 0 bridgehead atoms. The fourth-order valence-electron chi connectivity index (χ4n) is 1.99. The highest BCUT2D eigenvalue weighted by Gasteiger charge is 2.26. The van der Waals surface area contributed by atoms with E-state index in [1.807, 2.05) is 11.8 Å². The van der Waals surface area contributed by atoms with Gasteiger partial charge >= 0.3 is 0 Å². The van der Waals surface area contributed by atoms with Gasteiger partial charge in [0.05, 0.1) is 11.8 Å². The van der Waals surface area contributed by atoms with Crippen LogP contribution < -0.4 is 4.90 Å². The van der Waals surface area contributed by atoms with Gasteiger partial charge in [0.25, 0.3) is 0 Å². The topological polar surface area (TPSA) is 49.2 Å². The molecule has 0 saturated carbocycles. The van der Waals surface area contributed by atoms with Gasteiger partial charge in [0.2, 0.25) is 0 Å². The van der Waals surface area contributed by atoms with Crippen LogP contribution in [-0.4, -0.2) is 34.3 Å². The van der Waals surface area contributed by atoms with Crippen molar-refractivity contribution in [3.63, 3.8) is 0 Å². The Hall–Kier alpha value is -1.23. The molecule has 2 heterocycles. The molecule has 1 fully saturated rings. The predicted octanol–water partition coefficient (Wildman–Crippen LogP) is 1.13. The number of rotatable bonds is 1. The summed E-state index contributed by atoms with van der Waals surface area (Å²) in [6, 6.07) is 0. The number of nitrogens with zero attached hydrogens (tertiary/aromatic N) is 3. The molecule has 1 saturated heterocycles. The fraction of sp³-hybridized carbons (Fsp3) is 0.636.